The Labute approximate surface area is 350 Å². The lowest BCUT2D eigenvalue weighted by atomic mass is 9.95. The highest BCUT2D eigenvalue weighted by molar-refractivity contribution is 6.17. The Hall–Kier alpha value is -7.62. The molecule has 60 heavy (non-hydrogen) atoms. The summed E-state index contributed by atoms with van der Waals surface area (Å²) in [6, 6.07) is 72.2. The molecule has 286 valence electrons. The third kappa shape index (κ3) is 5.81. The van der Waals surface area contributed by atoms with Crippen molar-refractivity contribution in [2.45, 2.75) is 20.8 Å². The van der Waals surface area contributed by atoms with Crippen LogP contribution in [-0.2, 0) is 0 Å². The Kier molecular flexibility index (Phi) is 8.49. The average molecular weight is 771 g/mol. The van der Waals surface area contributed by atoms with Crippen LogP contribution in [0.25, 0.3) is 82.8 Å². The number of furan rings is 1. The van der Waals surface area contributed by atoms with Crippen LogP contribution in [0.1, 0.15) is 16.7 Å². The Morgan fingerprint density at radius 1 is 0.400 bits per heavy atom. The molecule has 0 atom stereocenters. The zero-order valence-corrected chi connectivity index (χ0v) is 33.9. The lowest BCUT2D eigenvalue weighted by Crippen LogP contribution is -2.13. The fraction of sp³-hybridized carbons (Fsp3) is 0.0526. The van der Waals surface area contributed by atoms with Gasteiger partial charge in [-0.3, -0.25) is 0 Å². The molecule has 2 heterocycles. The molecule has 0 spiro atoms. The zero-order valence-electron chi connectivity index (χ0n) is 33.9. The maximum atomic E-state index is 6.97. The van der Waals surface area contributed by atoms with Gasteiger partial charge >= 0.3 is 0 Å². The third-order valence-electron chi connectivity index (χ3n) is 12.2. The molecule has 0 saturated heterocycles. The van der Waals surface area contributed by atoms with E-state index in [4.69, 9.17) is 4.42 Å². The molecule has 3 nitrogen and oxygen atoms in total. The molecule has 3 heteroatoms. The van der Waals surface area contributed by atoms with Crippen molar-refractivity contribution in [2.24, 2.45) is 0 Å². The zero-order chi connectivity index (χ0) is 40.3. The van der Waals surface area contributed by atoms with Crippen molar-refractivity contribution in [3.8, 4) is 39.1 Å². The van der Waals surface area contributed by atoms with Crippen molar-refractivity contribution in [1.82, 2.24) is 4.57 Å². The summed E-state index contributed by atoms with van der Waals surface area (Å²) in [4.78, 5) is 2.45. The second-order valence-electron chi connectivity index (χ2n) is 15.9. The summed E-state index contributed by atoms with van der Waals surface area (Å²) in [5.74, 6) is 0. The van der Waals surface area contributed by atoms with Crippen LogP contribution < -0.4 is 4.90 Å². The number of para-hydroxylation sites is 3. The van der Waals surface area contributed by atoms with Gasteiger partial charge < -0.3 is 13.9 Å². The molecular weight excluding hydrogens is 729 g/mol. The summed E-state index contributed by atoms with van der Waals surface area (Å²) >= 11 is 0. The molecule has 0 aliphatic heterocycles. The number of hydrogen-bond acceptors (Lipinski definition) is 2. The summed E-state index contributed by atoms with van der Waals surface area (Å²) in [6.45, 7) is 6.68. The van der Waals surface area contributed by atoms with Crippen LogP contribution in [0, 0.1) is 20.8 Å². The number of hydrogen-bond donors (Lipinski definition) is 0. The lowest BCUT2D eigenvalue weighted by Gasteiger charge is -2.30. The first-order valence-electron chi connectivity index (χ1n) is 20.7. The summed E-state index contributed by atoms with van der Waals surface area (Å²) < 4.78 is 9.35. The first kappa shape index (κ1) is 35.5. The Bertz CT molecular complexity index is 3360. The van der Waals surface area contributed by atoms with E-state index in [1.54, 1.807) is 0 Å². The smallest absolute Gasteiger partial charge is 0.145 e. The van der Waals surface area contributed by atoms with Crippen molar-refractivity contribution < 1.29 is 4.42 Å². The highest BCUT2D eigenvalue weighted by atomic mass is 16.3. The van der Waals surface area contributed by atoms with Gasteiger partial charge in [0, 0.05) is 38.8 Å². The first-order chi connectivity index (χ1) is 29.5. The monoisotopic (exact) mass is 770 g/mol. The number of benzene rings is 9. The number of anilines is 3. The van der Waals surface area contributed by atoms with E-state index >= 15 is 0 Å². The van der Waals surface area contributed by atoms with Gasteiger partial charge in [0.15, 0.2) is 0 Å². The van der Waals surface area contributed by atoms with E-state index in [1.807, 2.05) is 0 Å². The largest absolute Gasteiger partial charge is 0.455 e. The van der Waals surface area contributed by atoms with Gasteiger partial charge in [0.05, 0.1) is 22.1 Å². The predicted molar refractivity (Wildman–Crippen MR) is 253 cm³/mol. The summed E-state index contributed by atoms with van der Waals surface area (Å²) in [7, 11) is 0. The number of rotatable bonds is 7. The van der Waals surface area contributed by atoms with Crippen LogP contribution in [0.4, 0.5) is 17.1 Å². The number of aromatic nitrogens is 1. The van der Waals surface area contributed by atoms with E-state index in [2.05, 4.69) is 230 Å². The normalized spacial score (nSPS) is 11.6. The van der Waals surface area contributed by atoms with Gasteiger partial charge in [0.2, 0.25) is 0 Å². The fourth-order valence-electron chi connectivity index (χ4n) is 9.34. The highest BCUT2D eigenvalue weighted by Crippen LogP contribution is 2.48. The molecule has 0 fully saturated rings. The lowest BCUT2D eigenvalue weighted by molar-refractivity contribution is 0.670. The van der Waals surface area contributed by atoms with E-state index < -0.39 is 0 Å². The molecule has 0 radical (unpaired) electrons. The molecule has 0 amide bonds. The fourth-order valence-corrected chi connectivity index (χ4v) is 9.34. The van der Waals surface area contributed by atoms with Crippen LogP contribution >= 0.6 is 0 Å². The van der Waals surface area contributed by atoms with E-state index in [1.165, 1.54) is 60.8 Å². The van der Waals surface area contributed by atoms with E-state index in [0.29, 0.717) is 0 Å². The predicted octanol–water partition coefficient (Wildman–Crippen LogP) is 16.1. The number of fused-ring (bicyclic) bond motifs is 6. The molecule has 0 unspecified atom stereocenters. The Morgan fingerprint density at radius 3 is 1.68 bits per heavy atom. The second kappa shape index (κ2) is 14.3. The molecule has 0 aliphatic carbocycles. The summed E-state index contributed by atoms with van der Waals surface area (Å²) in [5, 5.41) is 4.66. The maximum Gasteiger partial charge on any atom is 0.145 e. The van der Waals surface area contributed by atoms with Crippen molar-refractivity contribution in [3.63, 3.8) is 0 Å². The standard InChI is InChI=1S/C57H42N2O/c1-37-33-44(29-30-45(37)40-17-6-4-7-18-40)59(54-35-38(2)50(34-39(54)3)41-19-8-5-9-20-41)53-32-31-46(57-56(53)49-25-12-15-28-55(49)60-57)42-21-16-22-43(36-42)58-51-26-13-10-23-47(51)48-24-11-14-27-52(48)58/h4-36H,1-3H3. The van der Waals surface area contributed by atoms with Crippen LogP contribution in [0.2, 0.25) is 0 Å². The van der Waals surface area contributed by atoms with Crippen molar-refractivity contribution in [1.29, 1.82) is 0 Å². The van der Waals surface area contributed by atoms with Crippen molar-refractivity contribution in [3.05, 3.63) is 217 Å². The molecule has 9 aromatic carbocycles. The molecule has 0 saturated carbocycles. The van der Waals surface area contributed by atoms with Crippen LogP contribution in [-0.4, -0.2) is 4.57 Å². The topological polar surface area (TPSA) is 21.3 Å². The highest BCUT2D eigenvalue weighted by Gasteiger charge is 2.25. The van der Waals surface area contributed by atoms with Gasteiger partial charge in [-0.1, -0.05) is 133 Å². The van der Waals surface area contributed by atoms with E-state index in [9.17, 15) is 0 Å². The molecule has 2 aromatic heterocycles. The SMILES string of the molecule is Cc1cc(N(c2cc(C)c(-c3ccccc3)cc2C)c2ccc(-c3cccc(-n4c5ccccc5c5ccccc54)c3)c3oc4ccccc4c23)ccc1-c1ccccc1. The van der Waals surface area contributed by atoms with Crippen LogP contribution in [0.15, 0.2) is 205 Å². The van der Waals surface area contributed by atoms with E-state index in [-0.39, 0.29) is 0 Å². The van der Waals surface area contributed by atoms with E-state index in [0.717, 1.165) is 55.8 Å². The molecule has 0 aliphatic rings. The van der Waals surface area contributed by atoms with Gasteiger partial charge in [-0.2, -0.15) is 0 Å². The third-order valence-corrected chi connectivity index (χ3v) is 12.2. The van der Waals surface area contributed by atoms with Gasteiger partial charge in [0.1, 0.15) is 11.2 Å². The summed E-state index contributed by atoms with van der Waals surface area (Å²) in [6.07, 6.45) is 0. The quantitative estimate of drug-likeness (QED) is 0.161. The Morgan fingerprint density at radius 2 is 0.983 bits per heavy atom. The van der Waals surface area contributed by atoms with Crippen molar-refractivity contribution in [2.75, 3.05) is 4.90 Å². The van der Waals surface area contributed by atoms with Gasteiger partial charge in [-0.25, -0.2) is 0 Å². The minimum Gasteiger partial charge on any atom is -0.455 e. The number of nitrogens with zero attached hydrogens (tertiary/aromatic N) is 2. The molecule has 0 N–H and O–H groups in total. The molecular formula is C57H42N2O. The molecule has 0 bridgehead atoms. The first-order valence-corrected chi connectivity index (χ1v) is 20.7. The molecule has 11 aromatic rings. The second-order valence-corrected chi connectivity index (χ2v) is 15.9. The summed E-state index contributed by atoms with van der Waals surface area (Å²) in [5.41, 5.74) is 19.2. The van der Waals surface area contributed by atoms with Crippen LogP contribution in [0.3, 0.4) is 0 Å². The minimum absolute atomic E-state index is 0.864. The molecule has 11 rings (SSSR count). The average Bonchev–Trinajstić information content (AvgIpc) is 3.85. The van der Waals surface area contributed by atoms with Gasteiger partial charge in [-0.05, 0) is 132 Å². The van der Waals surface area contributed by atoms with Crippen molar-refractivity contribution >= 4 is 60.8 Å². The van der Waals surface area contributed by atoms with Gasteiger partial charge in [0.25, 0.3) is 0 Å². The van der Waals surface area contributed by atoms with Gasteiger partial charge in [-0.15, -0.1) is 0 Å². The van der Waals surface area contributed by atoms with Crippen LogP contribution in [0.5, 0.6) is 0 Å². The Balaban J connectivity index is 1.14. The maximum absolute atomic E-state index is 6.97. The minimum atomic E-state index is 0.864. The number of aryl methyl sites for hydroxylation is 3.